The van der Waals surface area contributed by atoms with Crippen LogP contribution in [0.4, 0.5) is 5.69 Å². The summed E-state index contributed by atoms with van der Waals surface area (Å²) in [6, 6.07) is 3.97. The summed E-state index contributed by atoms with van der Waals surface area (Å²) in [5, 5.41) is 16.2. The number of hydrogen-bond acceptors (Lipinski definition) is 7. The summed E-state index contributed by atoms with van der Waals surface area (Å²) in [5.41, 5.74) is -0.434. The summed E-state index contributed by atoms with van der Waals surface area (Å²) in [6.45, 7) is 2.40. The van der Waals surface area contributed by atoms with Crippen LogP contribution in [0.15, 0.2) is 23.1 Å². The third-order valence-corrected chi connectivity index (χ3v) is 5.02. The number of nitro benzene ring substituents is 1. The number of primary sulfonamides is 1. The second-order valence-corrected chi connectivity index (χ2v) is 7.52. The Kier molecular flexibility index (Phi) is 4.72. The van der Waals surface area contributed by atoms with E-state index in [0.717, 1.165) is 19.2 Å². The molecule has 2 fully saturated rings. The Morgan fingerprint density at radius 1 is 1.42 bits per heavy atom. The smallest absolute Gasteiger partial charge is 0.312 e. The van der Waals surface area contributed by atoms with Gasteiger partial charge in [-0.2, -0.15) is 0 Å². The summed E-state index contributed by atoms with van der Waals surface area (Å²) >= 11 is 0. The molecule has 1 saturated carbocycles. The number of ether oxygens (including phenoxy) is 2. The first kappa shape index (κ1) is 17.1. The molecule has 9 nitrogen and oxygen atoms in total. The van der Waals surface area contributed by atoms with Gasteiger partial charge in [0.1, 0.15) is 12.7 Å². The minimum absolute atomic E-state index is 0.000421. The number of hydrogen-bond donors (Lipinski definition) is 1. The van der Waals surface area contributed by atoms with Gasteiger partial charge in [0.15, 0.2) is 5.75 Å². The Balaban J connectivity index is 1.69. The van der Waals surface area contributed by atoms with E-state index in [1.54, 1.807) is 0 Å². The van der Waals surface area contributed by atoms with Crippen LogP contribution >= 0.6 is 0 Å². The molecular weight excluding hydrogens is 338 g/mol. The van der Waals surface area contributed by atoms with E-state index in [2.05, 4.69) is 4.90 Å². The third-order valence-electron chi connectivity index (χ3n) is 4.11. The van der Waals surface area contributed by atoms with Gasteiger partial charge in [-0.3, -0.25) is 15.0 Å². The van der Waals surface area contributed by atoms with Gasteiger partial charge in [-0.25, -0.2) is 13.6 Å². The van der Waals surface area contributed by atoms with Gasteiger partial charge in [-0.05, 0) is 25.0 Å². The molecule has 2 N–H and O–H groups in total. The van der Waals surface area contributed by atoms with Crippen LogP contribution in [-0.4, -0.2) is 56.7 Å². The number of sulfonamides is 1. The molecule has 1 atom stereocenters. The normalized spacial score (nSPS) is 22.3. The molecule has 1 aromatic rings. The molecule has 10 heteroatoms. The maximum Gasteiger partial charge on any atom is 0.312 e. The maximum absolute atomic E-state index is 11.3. The van der Waals surface area contributed by atoms with Crippen molar-refractivity contribution in [3.8, 4) is 5.75 Å². The number of morpholine rings is 1. The van der Waals surface area contributed by atoms with Gasteiger partial charge in [-0.1, -0.05) is 0 Å². The molecule has 0 spiro atoms. The van der Waals surface area contributed by atoms with Crippen molar-refractivity contribution in [2.45, 2.75) is 29.9 Å². The van der Waals surface area contributed by atoms with Gasteiger partial charge in [0.05, 0.1) is 16.4 Å². The number of benzene rings is 1. The minimum Gasteiger partial charge on any atom is -0.484 e. The molecule has 1 unspecified atom stereocenters. The molecule has 0 amide bonds. The summed E-state index contributed by atoms with van der Waals surface area (Å²) in [4.78, 5) is 12.5. The Labute approximate surface area is 139 Å². The zero-order chi connectivity index (χ0) is 17.3. The van der Waals surface area contributed by atoms with Gasteiger partial charge in [-0.15, -0.1) is 0 Å². The summed E-state index contributed by atoms with van der Waals surface area (Å²) in [5.74, 6) is -0.000421. The van der Waals surface area contributed by atoms with E-state index in [1.807, 2.05) is 0 Å². The van der Waals surface area contributed by atoms with Crippen molar-refractivity contribution in [1.82, 2.24) is 4.90 Å². The highest BCUT2D eigenvalue weighted by Crippen LogP contribution is 2.31. The highest BCUT2D eigenvalue weighted by Gasteiger charge is 2.33. The molecule has 3 rings (SSSR count). The number of nitrogens with zero attached hydrogens (tertiary/aromatic N) is 2. The molecule has 132 valence electrons. The highest BCUT2D eigenvalue weighted by atomic mass is 32.2. The van der Waals surface area contributed by atoms with Gasteiger partial charge in [0, 0.05) is 25.2 Å². The lowest BCUT2D eigenvalue weighted by Gasteiger charge is -2.32. The Hall–Kier alpha value is -1.75. The van der Waals surface area contributed by atoms with Crippen molar-refractivity contribution in [2.75, 3.05) is 26.3 Å². The second-order valence-electron chi connectivity index (χ2n) is 5.96. The standard InChI is InChI=1S/C14H19N3O6S/c15-24(20,21)12-3-4-14(13(7-12)17(18)19)23-9-11-8-16(5-6-22-11)10-1-2-10/h3-4,7,10-11H,1-2,5-6,8-9H2,(H2,15,20,21). The molecule has 0 bridgehead atoms. The Bertz CT molecular complexity index is 734. The fourth-order valence-corrected chi connectivity index (χ4v) is 3.27. The molecule has 1 heterocycles. The van der Waals surface area contributed by atoms with Crippen molar-refractivity contribution in [2.24, 2.45) is 5.14 Å². The first-order valence-electron chi connectivity index (χ1n) is 7.64. The lowest BCUT2D eigenvalue weighted by Crippen LogP contribution is -2.45. The van der Waals surface area contributed by atoms with E-state index < -0.39 is 20.6 Å². The number of nitrogens with two attached hydrogens (primary N) is 1. The van der Waals surface area contributed by atoms with Crippen molar-refractivity contribution in [3.63, 3.8) is 0 Å². The zero-order valence-electron chi connectivity index (χ0n) is 13.0. The molecule has 1 aliphatic carbocycles. The van der Waals surface area contributed by atoms with E-state index in [4.69, 9.17) is 14.6 Å². The van der Waals surface area contributed by atoms with Crippen LogP contribution in [0.25, 0.3) is 0 Å². The van der Waals surface area contributed by atoms with Crippen LogP contribution in [0.2, 0.25) is 0 Å². The molecule has 1 aliphatic heterocycles. The number of nitro groups is 1. The van der Waals surface area contributed by atoms with Crippen LogP contribution in [0.3, 0.4) is 0 Å². The molecule has 24 heavy (non-hydrogen) atoms. The number of rotatable bonds is 6. The van der Waals surface area contributed by atoms with Crippen molar-refractivity contribution in [1.29, 1.82) is 0 Å². The topological polar surface area (TPSA) is 125 Å². The monoisotopic (exact) mass is 357 g/mol. The fraction of sp³-hybridized carbons (Fsp3) is 0.571. The van der Waals surface area contributed by atoms with E-state index in [0.29, 0.717) is 12.6 Å². The van der Waals surface area contributed by atoms with Crippen LogP contribution < -0.4 is 9.88 Å². The first-order chi connectivity index (χ1) is 11.3. The van der Waals surface area contributed by atoms with Crippen molar-refractivity contribution < 1.29 is 22.8 Å². The van der Waals surface area contributed by atoms with Crippen molar-refractivity contribution in [3.05, 3.63) is 28.3 Å². The quantitative estimate of drug-likeness (QED) is 0.580. The lowest BCUT2D eigenvalue weighted by atomic mass is 10.2. The molecular formula is C14H19N3O6S. The van der Waals surface area contributed by atoms with Crippen LogP contribution in [0.5, 0.6) is 5.75 Å². The second kappa shape index (κ2) is 6.63. The fourth-order valence-electron chi connectivity index (χ4n) is 2.74. The average molecular weight is 357 g/mol. The lowest BCUT2D eigenvalue weighted by molar-refractivity contribution is -0.386. The van der Waals surface area contributed by atoms with Crippen LogP contribution in [0.1, 0.15) is 12.8 Å². The largest absolute Gasteiger partial charge is 0.484 e. The van der Waals surface area contributed by atoms with E-state index in [9.17, 15) is 18.5 Å². The van der Waals surface area contributed by atoms with Gasteiger partial charge < -0.3 is 9.47 Å². The molecule has 1 aromatic carbocycles. The highest BCUT2D eigenvalue weighted by molar-refractivity contribution is 7.89. The van der Waals surface area contributed by atoms with Crippen LogP contribution in [-0.2, 0) is 14.8 Å². The average Bonchev–Trinajstić information content (AvgIpc) is 3.37. The van der Waals surface area contributed by atoms with Gasteiger partial charge >= 0.3 is 5.69 Å². The predicted octanol–water partition coefficient (Wildman–Crippen LogP) is 0.484. The summed E-state index contributed by atoms with van der Waals surface area (Å²) in [7, 11) is -4.01. The molecule has 0 radical (unpaired) electrons. The molecule has 1 saturated heterocycles. The maximum atomic E-state index is 11.3. The molecule has 0 aromatic heterocycles. The van der Waals surface area contributed by atoms with E-state index in [-0.39, 0.29) is 23.4 Å². The first-order valence-corrected chi connectivity index (χ1v) is 9.19. The Morgan fingerprint density at radius 2 is 2.17 bits per heavy atom. The SMILES string of the molecule is NS(=O)(=O)c1ccc(OCC2CN(C3CC3)CCO2)c([N+](=O)[O-])c1. The van der Waals surface area contributed by atoms with E-state index >= 15 is 0 Å². The zero-order valence-corrected chi connectivity index (χ0v) is 13.8. The minimum atomic E-state index is -4.01. The predicted molar refractivity (Wildman–Crippen MR) is 84.3 cm³/mol. The Morgan fingerprint density at radius 3 is 2.79 bits per heavy atom. The third kappa shape index (κ3) is 4.01. The van der Waals surface area contributed by atoms with Gasteiger partial charge in [0.25, 0.3) is 0 Å². The molecule has 2 aliphatic rings. The van der Waals surface area contributed by atoms with E-state index in [1.165, 1.54) is 25.0 Å². The summed E-state index contributed by atoms with van der Waals surface area (Å²) < 4.78 is 33.8. The summed E-state index contributed by atoms with van der Waals surface area (Å²) in [6.07, 6.45) is 2.24. The van der Waals surface area contributed by atoms with Gasteiger partial charge in [0.2, 0.25) is 10.0 Å². The van der Waals surface area contributed by atoms with Crippen LogP contribution in [0, 0.1) is 10.1 Å². The van der Waals surface area contributed by atoms with Crippen molar-refractivity contribution >= 4 is 15.7 Å².